The normalized spacial score (nSPS) is 32.7. The first kappa shape index (κ1) is 12.3. The summed E-state index contributed by atoms with van der Waals surface area (Å²) in [5.41, 5.74) is -2.27. The molecule has 6 heteroatoms. The summed E-state index contributed by atoms with van der Waals surface area (Å²) in [7, 11) is 0.984. The zero-order chi connectivity index (χ0) is 11.7. The van der Waals surface area contributed by atoms with Gasteiger partial charge < -0.3 is 9.84 Å². The van der Waals surface area contributed by atoms with Crippen LogP contribution in [0.15, 0.2) is 0 Å². The molecule has 0 radical (unpaired) electrons. The lowest BCUT2D eigenvalue weighted by atomic mass is 9.77. The lowest BCUT2D eigenvalue weighted by Gasteiger charge is -2.39. The Kier molecular flexibility index (Phi) is 3.28. The Morgan fingerprint density at radius 1 is 1.53 bits per heavy atom. The highest BCUT2D eigenvalue weighted by Crippen LogP contribution is 2.45. The van der Waals surface area contributed by atoms with Crippen LogP contribution in [0.2, 0.25) is 0 Å². The predicted molar refractivity (Wildman–Crippen MR) is 45.4 cm³/mol. The molecule has 2 unspecified atom stereocenters. The van der Waals surface area contributed by atoms with Gasteiger partial charge in [-0.05, 0) is 25.7 Å². The van der Waals surface area contributed by atoms with Crippen molar-refractivity contribution >= 4 is 5.97 Å². The molecule has 0 heterocycles. The number of rotatable bonds is 2. The van der Waals surface area contributed by atoms with Gasteiger partial charge in [0, 0.05) is 7.11 Å². The van der Waals surface area contributed by atoms with Gasteiger partial charge >= 0.3 is 12.1 Å². The molecule has 1 N–H and O–H groups in total. The van der Waals surface area contributed by atoms with Crippen LogP contribution >= 0.6 is 0 Å². The van der Waals surface area contributed by atoms with Crippen molar-refractivity contribution in [3.8, 4) is 0 Å². The van der Waals surface area contributed by atoms with E-state index in [2.05, 4.69) is 4.74 Å². The second-order valence-electron chi connectivity index (χ2n) is 3.83. The van der Waals surface area contributed by atoms with Crippen LogP contribution in [0.5, 0.6) is 0 Å². The molecule has 0 saturated heterocycles. The SMILES string of the molecule is COC1(C(F)(F)F)CCCC(C(=O)O)C1. The number of carboxylic acids is 1. The first-order chi connectivity index (χ1) is 6.82. The van der Waals surface area contributed by atoms with Gasteiger partial charge in [-0.2, -0.15) is 13.2 Å². The highest BCUT2D eigenvalue weighted by atomic mass is 19.4. The average Bonchev–Trinajstić information content (AvgIpc) is 2.16. The van der Waals surface area contributed by atoms with Crippen molar-refractivity contribution in [2.75, 3.05) is 7.11 Å². The van der Waals surface area contributed by atoms with Gasteiger partial charge in [-0.25, -0.2) is 0 Å². The summed E-state index contributed by atoms with van der Waals surface area (Å²) in [6.45, 7) is 0. The molecule has 1 saturated carbocycles. The molecule has 0 aromatic carbocycles. The molecule has 0 aliphatic heterocycles. The van der Waals surface area contributed by atoms with Crippen LogP contribution < -0.4 is 0 Å². The largest absolute Gasteiger partial charge is 0.481 e. The first-order valence-electron chi connectivity index (χ1n) is 4.67. The van der Waals surface area contributed by atoms with Gasteiger partial charge in [0.05, 0.1) is 5.92 Å². The Bertz CT molecular complexity index is 251. The minimum atomic E-state index is -4.50. The fourth-order valence-corrected chi connectivity index (χ4v) is 2.01. The molecule has 1 rings (SSSR count). The highest BCUT2D eigenvalue weighted by molar-refractivity contribution is 5.70. The summed E-state index contributed by atoms with van der Waals surface area (Å²) < 4.78 is 42.7. The summed E-state index contributed by atoms with van der Waals surface area (Å²) in [6, 6.07) is 0. The van der Waals surface area contributed by atoms with Crippen LogP contribution in [0.1, 0.15) is 25.7 Å². The zero-order valence-electron chi connectivity index (χ0n) is 8.30. The Morgan fingerprint density at radius 2 is 2.13 bits per heavy atom. The monoisotopic (exact) mass is 226 g/mol. The van der Waals surface area contributed by atoms with Crippen molar-refractivity contribution in [2.45, 2.75) is 37.5 Å². The number of hydrogen-bond acceptors (Lipinski definition) is 2. The molecular weight excluding hydrogens is 213 g/mol. The number of halogens is 3. The molecule has 0 bridgehead atoms. The number of carboxylic acid groups (broad SMARTS) is 1. The standard InChI is InChI=1S/C9H13F3O3/c1-15-8(9(10,11)12)4-2-3-6(5-8)7(13)14/h6H,2-5H2,1H3,(H,13,14). The summed E-state index contributed by atoms with van der Waals surface area (Å²) in [4.78, 5) is 10.7. The van der Waals surface area contributed by atoms with Crippen LogP contribution in [0.4, 0.5) is 13.2 Å². The number of methoxy groups -OCH3 is 1. The van der Waals surface area contributed by atoms with E-state index >= 15 is 0 Å². The molecular formula is C9H13F3O3. The van der Waals surface area contributed by atoms with Gasteiger partial charge in [0.1, 0.15) is 0 Å². The molecule has 15 heavy (non-hydrogen) atoms. The van der Waals surface area contributed by atoms with Gasteiger partial charge in [-0.3, -0.25) is 4.79 Å². The predicted octanol–water partition coefficient (Wildman–Crippen LogP) is 2.21. The maximum Gasteiger partial charge on any atom is 0.417 e. The van der Waals surface area contributed by atoms with Gasteiger partial charge in [-0.15, -0.1) is 0 Å². The van der Waals surface area contributed by atoms with E-state index in [0.717, 1.165) is 7.11 Å². The quantitative estimate of drug-likeness (QED) is 0.785. The number of carbonyl (C=O) groups is 1. The lowest BCUT2D eigenvalue weighted by molar-refractivity contribution is -0.283. The smallest absolute Gasteiger partial charge is 0.417 e. The van der Waals surface area contributed by atoms with E-state index in [-0.39, 0.29) is 19.3 Å². The van der Waals surface area contributed by atoms with Crippen LogP contribution in [0.3, 0.4) is 0 Å². The minimum Gasteiger partial charge on any atom is -0.481 e. The van der Waals surface area contributed by atoms with E-state index in [1.807, 2.05) is 0 Å². The van der Waals surface area contributed by atoms with Crippen LogP contribution in [-0.2, 0) is 9.53 Å². The fraction of sp³-hybridized carbons (Fsp3) is 0.889. The second-order valence-corrected chi connectivity index (χ2v) is 3.83. The molecule has 3 nitrogen and oxygen atoms in total. The molecule has 2 atom stereocenters. The number of hydrogen-bond donors (Lipinski definition) is 1. The number of ether oxygens (including phenoxy) is 1. The summed E-state index contributed by atoms with van der Waals surface area (Å²) >= 11 is 0. The van der Waals surface area contributed by atoms with Crippen molar-refractivity contribution in [1.82, 2.24) is 0 Å². The fourth-order valence-electron chi connectivity index (χ4n) is 2.01. The van der Waals surface area contributed by atoms with Crippen LogP contribution in [0, 0.1) is 5.92 Å². The van der Waals surface area contributed by atoms with Gasteiger partial charge in [0.2, 0.25) is 0 Å². The van der Waals surface area contributed by atoms with Crippen molar-refractivity contribution in [2.24, 2.45) is 5.92 Å². The van der Waals surface area contributed by atoms with Gasteiger partial charge in [-0.1, -0.05) is 0 Å². The molecule has 88 valence electrons. The summed E-state index contributed by atoms with van der Waals surface area (Å²) in [6.07, 6.45) is -4.63. The van der Waals surface area contributed by atoms with Gasteiger partial charge in [0.15, 0.2) is 5.60 Å². The minimum absolute atomic E-state index is 0.156. The highest BCUT2D eigenvalue weighted by Gasteiger charge is 2.57. The molecule has 0 amide bonds. The molecule has 1 aliphatic rings. The Balaban J connectivity index is 2.87. The third kappa shape index (κ3) is 2.25. The third-order valence-electron chi connectivity index (χ3n) is 2.97. The maximum absolute atomic E-state index is 12.7. The Labute approximate surface area is 85.2 Å². The number of alkyl halides is 3. The third-order valence-corrected chi connectivity index (χ3v) is 2.97. The first-order valence-corrected chi connectivity index (χ1v) is 4.67. The van der Waals surface area contributed by atoms with E-state index in [9.17, 15) is 18.0 Å². The average molecular weight is 226 g/mol. The molecule has 1 aliphatic carbocycles. The second kappa shape index (κ2) is 4.00. The Hall–Kier alpha value is -0.780. The summed E-state index contributed by atoms with van der Waals surface area (Å²) in [5.74, 6) is -2.14. The van der Waals surface area contributed by atoms with Crippen LogP contribution in [-0.4, -0.2) is 30.0 Å². The topological polar surface area (TPSA) is 46.5 Å². The number of aliphatic carboxylic acids is 1. The molecule has 0 aromatic heterocycles. The van der Waals surface area contributed by atoms with Crippen LogP contribution in [0.25, 0.3) is 0 Å². The van der Waals surface area contributed by atoms with E-state index in [1.54, 1.807) is 0 Å². The molecule has 0 spiro atoms. The molecule has 1 fully saturated rings. The van der Waals surface area contributed by atoms with E-state index < -0.39 is 30.1 Å². The van der Waals surface area contributed by atoms with Gasteiger partial charge in [0.25, 0.3) is 0 Å². The van der Waals surface area contributed by atoms with E-state index in [4.69, 9.17) is 5.11 Å². The van der Waals surface area contributed by atoms with Crippen molar-refractivity contribution in [3.63, 3.8) is 0 Å². The van der Waals surface area contributed by atoms with Crippen molar-refractivity contribution < 1.29 is 27.8 Å². The zero-order valence-corrected chi connectivity index (χ0v) is 8.30. The lowest BCUT2D eigenvalue weighted by Crippen LogP contribution is -2.51. The molecule has 0 aromatic rings. The van der Waals surface area contributed by atoms with E-state index in [0.29, 0.717) is 0 Å². The van der Waals surface area contributed by atoms with Crippen molar-refractivity contribution in [3.05, 3.63) is 0 Å². The maximum atomic E-state index is 12.7. The Morgan fingerprint density at radius 3 is 2.53 bits per heavy atom. The van der Waals surface area contributed by atoms with E-state index in [1.165, 1.54) is 0 Å². The van der Waals surface area contributed by atoms with Crippen molar-refractivity contribution in [1.29, 1.82) is 0 Å². The summed E-state index contributed by atoms with van der Waals surface area (Å²) in [5, 5.41) is 8.71.